The molecule has 0 bridgehead atoms. The van der Waals surface area contributed by atoms with E-state index < -0.39 is 11.7 Å². The van der Waals surface area contributed by atoms with E-state index in [4.69, 9.17) is 16.2 Å². The number of rotatable bonds is 5. The van der Waals surface area contributed by atoms with Gasteiger partial charge in [-0.05, 0) is 42.7 Å². The van der Waals surface area contributed by atoms with Crippen LogP contribution in [-0.2, 0) is 12.6 Å². The fraction of sp³-hybridized carbons (Fsp3) is 0.320. The van der Waals surface area contributed by atoms with E-state index in [2.05, 4.69) is 19.9 Å². The van der Waals surface area contributed by atoms with Gasteiger partial charge < -0.3 is 21.1 Å². The van der Waals surface area contributed by atoms with Crippen LogP contribution in [-0.4, -0.2) is 45.6 Å². The van der Waals surface area contributed by atoms with Crippen molar-refractivity contribution in [2.45, 2.75) is 31.5 Å². The summed E-state index contributed by atoms with van der Waals surface area (Å²) in [7, 11) is 1.34. The SMILES string of the molecule is COc1ccc(-c2cc(Cc3cnc4c(N)nccn34)c(N3CCC[C@@H](N)C3)cn2)c(C(F)(F)F)c1. The van der Waals surface area contributed by atoms with E-state index in [-0.39, 0.29) is 23.0 Å². The van der Waals surface area contributed by atoms with E-state index in [1.807, 2.05) is 4.40 Å². The van der Waals surface area contributed by atoms with Crippen LogP contribution in [0.15, 0.2) is 49.1 Å². The zero-order valence-corrected chi connectivity index (χ0v) is 19.7. The number of nitrogens with zero attached hydrogens (tertiary/aromatic N) is 5. The lowest BCUT2D eigenvalue weighted by atomic mass is 9.98. The molecule has 4 heterocycles. The van der Waals surface area contributed by atoms with Gasteiger partial charge in [-0.15, -0.1) is 0 Å². The van der Waals surface area contributed by atoms with Crippen LogP contribution >= 0.6 is 0 Å². The van der Waals surface area contributed by atoms with Gasteiger partial charge in [-0.1, -0.05) is 0 Å². The molecule has 0 unspecified atom stereocenters. The molecule has 4 aromatic rings. The molecular formula is C25H26F3N7O. The summed E-state index contributed by atoms with van der Waals surface area (Å²) in [5.41, 5.74) is 14.6. The van der Waals surface area contributed by atoms with Crippen molar-refractivity contribution < 1.29 is 17.9 Å². The number of fused-ring (bicyclic) bond motifs is 1. The number of nitrogen functional groups attached to an aromatic ring is 1. The number of ether oxygens (including phenoxy) is 1. The van der Waals surface area contributed by atoms with Crippen molar-refractivity contribution in [3.63, 3.8) is 0 Å². The van der Waals surface area contributed by atoms with E-state index in [9.17, 15) is 13.2 Å². The highest BCUT2D eigenvalue weighted by Gasteiger charge is 2.35. The first-order valence-corrected chi connectivity index (χ1v) is 11.6. The lowest BCUT2D eigenvalue weighted by molar-refractivity contribution is -0.137. The minimum Gasteiger partial charge on any atom is -0.497 e. The number of imidazole rings is 1. The van der Waals surface area contributed by atoms with Gasteiger partial charge >= 0.3 is 6.18 Å². The summed E-state index contributed by atoms with van der Waals surface area (Å²) >= 11 is 0. The first kappa shape index (κ1) is 23.9. The Balaban J connectivity index is 1.63. The van der Waals surface area contributed by atoms with E-state index in [1.165, 1.54) is 19.2 Å². The first-order valence-electron chi connectivity index (χ1n) is 11.6. The Morgan fingerprint density at radius 3 is 2.72 bits per heavy atom. The number of anilines is 2. The number of pyridine rings is 1. The van der Waals surface area contributed by atoms with Crippen molar-refractivity contribution in [1.29, 1.82) is 0 Å². The molecule has 1 aromatic carbocycles. The Morgan fingerprint density at radius 1 is 1.14 bits per heavy atom. The molecule has 0 amide bonds. The number of aromatic nitrogens is 4. The number of hydrogen-bond donors (Lipinski definition) is 2. The second kappa shape index (κ2) is 9.30. The van der Waals surface area contributed by atoms with Crippen molar-refractivity contribution in [1.82, 2.24) is 19.4 Å². The van der Waals surface area contributed by atoms with Gasteiger partial charge in [0.2, 0.25) is 0 Å². The predicted octanol–water partition coefficient (Wildman–Crippen LogP) is 3.92. The van der Waals surface area contributed by atoms with Crippen LogP contribution in [0.4, 0.5) is 24.7 Å². The maximum atomic E-state index is 13.9. The second-order valence-electron chi connectivity index (χ2n) is 8.89. The molecule has 3 aromatic heterocycles. The number of alkyl halides is 3. The van der Waals surface area contributed by atoms with Crippen molar-refractivity contribution in [3.8, 4) is 17.0 Å². The summed E-state index contributed by atoms with van der Waals surface area (Å²) in [5, 5.41) is 0. The molecule has 1 atom stereocenters. The molecule has 0 spiro atoms. The molecule has 1 fully saturated rings. The minimum atomic E-state index is -4.57. The molecule has 8 nitrogen and oxygen atoms in total. The Bertz CT molecular complexity index is 1400. The zero-order valence-electron chi connectivity index (χ0n) is 19.7. The molecule has 36 heavy (non-hydrogen) atoms. The molecule has 1 aliphatic rings. The topological polar surface area (TPSA) is 108 Å². The second-order valence-corrected chi connectivity index (χ2v) is 8.89. The summed E-state index contributed by atoms with van der Waals surface area (Å²) in [6, 6.07) is 5.63. The molecule has 11 heteroatoms. The third-order valence-electron chi connectivity index (χ3n) is 6.48. The molecule has 0 saturated carbocycles. The highest BCUT2D eigenvalue weighted by molar-refractivity contribution is 5.70. The van der Waals surface area contributed by atoms with Gasteiger partial charge in [-0.3, -0.25) is 9.38 Å². The van der Waals surface area contributed by atoms with Gasteiger partial charge in [-0.25, -0.2) is 9.97 Å². The maximum Gasteiger partial charge on any atom is 0.417 e. The predicted molar refractivity (Wildman–Crippen MR) is 131 cm³/mol. The number of nitrogens with two attached hydrogens (primary N) is 2. The van der Waals surface area contributed by atoms with Crippen molar-refractivity contribution in [2.75, 3.05) is 30.8 Å². The molecule has 188 valence electrons. The monoisotopic (exact) mass is 497 g/mol. The number of benzene rings is 1. The van der Waals surface area contributed by atoms with E-state index >= 15 is 0 Å². The Kier molecular flexibility index (Phi) is 6.17. The van der Waals surface area contributed by atoms with Gasteiger partial charge in [0.1, 0.15) is 5.75 Å². The normalized spacial score (nSPS) is 16.5. The molecule has 0 radical (unpaired) electrons. The molecule has 1 aliphatic heterocycles. The summed E-state index contributed by atoms with van der Waals surface area (Å²) in [4.78, 5) is 15.1. The van der Waals surface area contributed by atoms with Gasteiger partial charge in [0.15, 0.2) is 11.5 Å². The van der Waals surface area contributed by atoms with Gasteiger partial charge in [0.25, 0.3) is 0 Å². The number of hydrogen-bond acceptors (Lipinski definition) is 7. The lowest BCUT2D eigenvalue weighted by Crippen LogP contribution is -2.43. The molecule has 4 N–H and O–H groups in total. The molecular weight excluding hydrogens is 471 g/mol. The fourth-order valence-corrected chi connectivity index (χ4v) is 4.72. The number of halogens is 3. The largest absolute Gasteiger partial charge is 0.497 e. The fourth-order valence-electron chi connectivity index (χ4n) is 4.72. The summed E-state index contributed by atoms with van der Waals surface area (Å²) in [6.45, 7) is 1.44. The standard InChI is InChI=1S/C25H26F3N7O/c1-36-18-4-5-19(20(11-18)25(26,27)28)21-10-15(22(13-32-21)34-7-2-3-16(29)14-34)9-17-12-33-24-23(30)31-6-8-35(17)24/h4-6,8,10-13,16H,2-3,7,9,14,29H2,1H3,(H2,30,31)/t16-/m1/s1. The van der Waals surface area contributed by atoms with Crippen LogP contribution < -0.4 is 21.1 Å². The van der Waals surface area contributed by atoms with Gasteiger partial charge in [0, 0.05) is 55.4 Å². The highest BCUT2D eigenvalue weighted by Crippen LogP contribution is 2.40. The zero-order chi connectivity index (χ0) is 25.4. The van der Waals surface area contributed by atoms with Crippen LogP contribution in [0.2, 0.25) is 0 Å². The smallest absolute Gasteiger partial charge is 0.417 e. The van der Waals surface area contributed by atoms with Crippen LogP contribution in [0, 0.1) is 0 Å². The van der Waals surface area contributed by atoms with Crippen LogP contribution in [0.1, 0.15) is 29.7 Å². The Morgan fingerprint density at radius 2 is 1.97 bits per heavy atom. The van der Waals surface area contributed by atoms with E-state index in [0.29, 0.717) is 24.4 Å². The summed E-state index contributed by atoms with van der Waals surface area (Å²) in [5.74, 6) is 0.427. The summed E-state index contributed by atoms with van der Waals surface area (Å²) < 4.78 is 48.7. The van der Waals surface area contributed by atoms with E-state index in [1.54, 1.807) is 30.9 Å². The van der Waals surface area contributed by atoms with Crippen LogP contribution in [0.3, 0.4) is 0 Å². The quantitative estimate of drug-likeness (QED) is 0.430. The Hall–Kier alpha value is -3.86. The third-order valence-corrected chi connectivity index (χ3v) is 6.48. The average molecular weight is 498 g/mol. The van der Waals surface area contributed by atoms with Crippen LogP contribution in [0.5, 0.6) is 5.75 Å². The maximum absolute atomic E-state index is 13.9. The van der Waals surface area contributed by atoms with Gasteiger partial charge in [-0.2, -0.15) is 13.2 Å². The lowest BCUT2D eigenvalue weighted by Gasteiger charge is -2.34. The van der Waals surface area contributed by atoms with Crippen molar-refractivity contribution in [2.24, 2.45) is 5.73 Å². The number of methoxy groups -OCH3 is 1. The van der Waals surface area contributed by atoms with E-state index in [0.717, 1.165) is 42.4 Å². The average Bonchev–Trinajstić information content (AvgIpc) is 3.27. The van der Waals surface area contributed by atoms with Crippen molar-refractivity contribution >= 4 is 17.2 Å². The first-order chi connectivity index (χ1) is 17.2. The van der Waals surface area contributed by atoms with Gasteiger partial charge in [0.05, 0.1) is 30.3 Å². The molecule has 1 saturated heterocycles. The minimum absolute atomic E-state index is 0.0157. The van der Waals surface area contributed by atoms with Crippen LogP contribution in [0.25, 0.3) is 16.9 Å². The Labute approximate surface area is 205 Å². The number of piperidine rings is 1. The third kappa shape index (κ3) is 4.53. The molecule has 5 rings (SSSR count). The highest BCUT2D eigenvalue weighted by atomic mass is 19.4. The van der Waals surface area contributed by atoms with Crippen molar-refractivity contribution in [3.05, 3.63) is 65.9 Å². The molecule has 0 aliphatic carbocycles. The summed E-state index contributed by atoms with van der Waals surface area (Å²) in [6.07, 6.45) is 4.38.